The average molecular weight is 316 g/mol. The number of quaternary nitrogens is 1. The molecule has 110 valence electrons. The Hall–Kier alpha value is -0.770. The first kappa shape index (κ1) is 15.6. The number of rotatable bonds is 3. The Morgan fingerprint density at radius 1 is 1.20 bits per heavy atom. The number of carbonyl (C=O) groups is 1. The van der Waals surface area contributed by atoms with Gasteiger partial charge in [-0.3, -0.25) is 4.79 Å². The highest BCUT2D eigenvalue weighted by Gasteiger charge is 2.26. The van der Waals surface area contributed by atoms with Crippen LogP contribution in [0.25, 0.3) is 0 Å². The van der Waals surface area contributed by atoms with Crippen molar-refractivity contribution in [3.05, 3.63) is 28.2 Å². The van der Waals surface area contributed by atoms with Gasteiger partial charge in [-0.15, -0.1) is 0 Å². The molecule has 20 heavy (non-hydrogen) atoms. The fourth-order valence-corrected chi connectivity index (χ4v) is 2.97. The molecule has 1 fully saturated rings. The Morgan fingerprint density at radius 2 is 1.85 bits per heavy atom. The summed E-state index contributed by atoms with van der Waals surface area (Å²) in [5.41, 5.74) is 0.588. The summed E-state index contributed by atoms with van der Waals surface area (Å²) in [4.78, 5) is 13.7. The summed E-state index contributed by atoms with van der Waals surface area (Å²) in [6.45, 7) is 4.12. The third-order valence-electron chi connectivity index (χ3n) is 3.94. The number of benzene rings is 1. The maximum atomic E-state index is 12.4. The molecule has 0 aromatic heterocycles. The lowest BCUT2D eigenvalue weighted by molar-refractivity contribution is -0.913. The van der Waals surface area contributed by atoms with Crippen LogP contribution in [0.2, 0.25) is 10.0 Å². The van der Waals surface area contributed by atoms with Crippen molar-refractivity contribution >= 4 is 34.8 Å². The standard InChI is InChI=1S/C15H20Cl2N2O/c1-11(19-8-4-2-3-5-9-19)15(20)18-14-10-12(16)6-7-13(14)17/h6-7,10-11H,2-5,8-9H2,1H3,(H,18,20)/p+1/t11-/m0/s1. The second-order valence-corrected chi connectivity index (χ2v) is 6.25. The van der Waals surface area contributed by atoms with E-state index >= 15 is 0 Å². The first-order valence-electron chi connectivity index (χ1n) is 7.18. The SMILES string of the molecule is C[C@@H](C(=O)Nc1cc(Cl)ccc1Cl)[NH+]1CCCCCC1. The molecule has 5 heteroatoms. The van der Waals surface area contributed by atoms with E-state index in [1.54, 1.807) is 18.2 Å². The Bertz CT molecular complexity index is 471. The molecule has 1 heterocycles. The molecule has 1 amide bonds. The van der Waals surface area contributed by atoms with E-state index in [1.165, 1.54) is 30.6 Å². The van der Waals surface area contributed by atoms with Gasteiger partial charge in [-0.2, -0.15) is 0 Å². The van der Waals surface area contributed by atoms with E-state index in [9.17, 15) is 4.79 Å². The molecule has 0 aliphatic carbocycles. The molecule has 0 bridgehead atoms. The summed E-state index contributed by atoms with van der Waals surface area (Å²) < 4.78 is 0. The Labute approximate surface area is 130 Å². The molecule has 1 atom stereocenters. The molecular weight excluding hydrogens is 295 g/mol. The minimum Gasteiger partial charge on any atom is -0.325 e. The zero-order valence-corrected chi connectivity index (χ0v) is 13.2. The second kappa shape index (κ2) is 7.30. The highest BCUT2D eigenvalue weighted by atomic mass is 35.5. The second-order valence-electron chi connectivity index (χ2n) is 5.41. The highest BCUT2D eigenvalue weighted by Crippen LogP contribution is 2.25. The van der Waals surface area contributed by atoms with Gasteiger partial charge < -0.3 is 10.2 Å². The molecule has 0 saturated carbocycles. The summed E-state index contributed by atoms with van der Waals surface area (Å²) in [6.07, 6.45) is 4.95. The third kappa shape index (κ3) is 4.11. The van der Waals surface area contributed by atoms with Gasteiger partial charge in [-0.05, 0) is 50.8 Å². The zero-order valence-electron chi connectivity index (χ0n) is 11.7. The largest absolute Gasteiger partial charge is 0.325 e. The number of hydrogen-bond acceptors (Lipinski definition) is 1. The number of hydrogen-bond donors (Lipinski definition) is 2. The van der Waals surface area contributed by atoms with Crippen LogP contribution < -0.4 is 10.2 Å². The topological polar surface area (TPSA) is 33.5 Å². The quantitative estimate of drug-likeness (QED) is 0.883. The Morgan fingerprint density at radius 3 is 2.50 bits per heavy atom. The van der Waals surface area contributed by atoms with Gasteiger partial charge in [0.1, 0.15) is 0 Å². The Kier molecular flexibility index (Phi) is 5.70. The number of anilines is 1. The van der Waals surface area contributed by atoms with Crippen molar-refractivity contribution in [1.29, 1.82) is 0 Å². The first-order valence-corrected chi connectivity index (χ1v) is 7.94. The van der Waals surface area contributed by atoms with Crippen molar-refractivity contribution < 1.29 is 9.69 Å². The lowest BCUT2D eigenvalue weighted by Gasteiger charge is -2.23. The van der Waals surface area contributed by atoms with Crippen molar-refractivity contribution in [2.24, 2.45) is 0 Å². The van der Waals surface area contributed by atoms with Gasteiger partial charge in [0, 0.05) is 5.02 Å². The van der Waals surface area contributed by atoms with Gasteiger partial charge in [-0.25, -0.2) is 0 Å². The molecule has 1 aromatic rings. The number of halogens is 2. The van der Waals surface area contributed by atoms with E-state index in [0.717, 1.165) is 13.1 Å². The average Bonchev–Trinajstić information content (AvgIpc) is 2.71. The summed E-state index contributed by atoms with van der Waals surface area (Å²) in [7, 11) is 0. The molecular formula is C15H21Cl2N2O+. The predicted molar refractivity (Wildman–Crippen MR) is 83.7 cm³/mol. The summed E-state index contributed by atoms with van der Waals surface area (Å²) >= 11 is 12.0. The molecule has 2 N–H and O–H groups in total. The number of nitrogens with one attached hydrogen (secondary N) is 2. The van der Waals surface area contributed by atoms with E-state index in [1.807, 2.05) is 6.92 Å². The molecule has 1 aromatic carbocycles. The van der Waals surface area contributed by atoms with E-state index in [2.05, 4.69) is 5.32 Å². The van der Waals surface area contributed by atoms with Crippen LogP contribution in [0.1, 0.15) is 32.6 Å². The third-order valence-corrected chi connectivity index (χ3v) is 4.50. The van der Waals surface area contributed by atoms with E-state index in [0.29, 0.717) is 15.7 Å². The maximum Gasteiger partial charge on any atom is 0.282 e. The van der Waals surface area contributed by atoms with Crippen molar-refractivity contribution in [3.63, 3.8) is 0 Å². The van der Waals surface area contributed by atoms with Crippen LogP contribution in [-0.4, -0.2) is 25.0 Å². The zero-order chi connectivity index (χ0) is 14.5. The summed E-state index contributed by atoms with van der Waals surface area (Å²) in [5, 5.41) is 3.98. The molecule has 3 nitrogen and oxygen atoms in total. The molecule has 2 rings (SSSR count). The molecule has 1 aliphatic rings. The van der Waals surface area contributed by atoms with Gasteiger partial charge in [-0.1, -0.05) is 23.2 Å². The molecule has 0 radical (unpaired) electrons. The van der Waals surface area contributed by atoms with Crippen LogP contribution in [0.15, 0.2) is 18.2 Å². The van der Waals surface area contributed by atoms with Crippen molar-refractivity contribution in [2.45, 2.75) is 38.6 Å². The number of carbonyl (C=O) groups excluding carboxylic acids is 1. The van der Waals surface area contributed by atoms with E-state index < -0.39 is 0 Å². The fraction of sp³-hybridized carbons (Fsp3) is 0.533. The van der Waals surface area contributed by atoms with Gasteiger partial charge >= 0.3 is 0 Å². The molecule has 0 unspecified atom stereocenters. The van der Waals surface area contributed by atoms with Crippen molar-refractivity contribution in [2.75, 3.05) is 18.4 Å². The number of amides is 1. The molecule has 1 aliphatic heterocycles. The monoisotopic (exact) mass is 315 g/mol. The van der Waals surface area contributed by atoms with Gasteiger partial charge in [0.25, 0.3) is 5.91 Å². The van der Waals surface area contributed by atoms with Crippen LogP contribution in [0.4, 0.5) is 5.69 Å². The van der Waals surface area contributed by atoms with Crippen LogP contribution in [-0.2, 0) is 4.79 Å². The summed E-state index contributed by atoms with van der Waals surface area (Å²) in [6, 6.07) is 5.03. The van der Waals surface area contributed by atoms with Crippen molar-refractivity contribution in [1.82, 2.24) is 0 Å². The lowest BCUT2D eigenvalue weighted by atomic mass is 10.2. The highest BCUT2D eigenvalue weighted by molar-refractivity contribution is 6.35. The molecule has 1 saturated heterocycles. The minimum atomic E-state index is -0.0665. The van der Waals surface area contributed by atoms with Gasteiger partial charge in [0.15, 0.2) is 6.04 Å². The lowest BCUT2D eigenvalue weighted by Crippen LogP contribution is -3.16. The van der Waals surface area contributed by atoms with Crippen LogP contribution in [0.3, 0.4) is 0 Å². The fourth-order valence-electron chi connectivity index (χ4n) is 2.64. The van der Waals surface area contributed by atoms with Crippen LogP contribution in [0, 0.1) is 0 Å². The minimum absolute atomic E-state index is 0.00562. The summed E-state index contributed by atoms with van der Waals surface area (Å²) in [5.74, 6) is 0.00562. The van der Waals surface area contributed by atoms with Gasteiger partial charge in [0.05, 0.1) is 23.8 Å². The van der Waals surface area contributed by atoms with Crippen LogP contribution >= 0.6 is 23.2 Å². The normalized spacial score (nSPS) is 18.4. The smallest absolute Gasteiger partial charge is 0.282 e. The maximum absolute atomic E-state index is 12.4. The van der Waals surface area contributed by atoms with Gasteiger partial charge in [0.2, 0.25) is 0 Å². The molecule has 0 spiro atoms. The predicted octanol–water partition coefficient (Wildman–Crippen LogP) is 2.78. The number of likely N-dealkylation sites (tertiary alicyclic amines) is 1. The van der Waals surface area contributed by atoms with E-state index in [-0.39, 0.29) is 11.9 Å². The van der Waals surface area contributed by atoms with E-state index in [4.69, 9.17) is 23.2 Å². The van der Waals surface area contributed by atoms with Crippen molar-refractivity contribution in [3.8, 4) is 0 Å². The van der Waals surface area contributed by atoms with Crippen LogP contribution in [0.5, 0.6) is 0 Å². The first-order chi connectivity index (χ1) is 9.58. The Balaban J connectivity index is 2.01.